The minimum Gasteiger partial charge on any atom is -0.351 e. The van der Waals surface area contributed by atoms with E-state index in [2.05, 4.69) is 15.6 Å². The van der Waals surface area contributed by atoms with E-state index < -0.39 is 0 Å². The zero-order valence-electron chi connectivity index (χ0n) is 12.1. The van der Waals surface area contributed by atoms with E-state index >= 15 is 0 Å². The second-order valence-corrected chi connectivity index (χ2v) is 4.84. The van der Waals surface area contributed by atoms with Crippen LogP contribution < -0.4 is 10.6 Å². The molecular formula is C16H18FN3O. The highest BCUT2D eigenvalue weighted by atomic mass is 19.1. The van der Waals surface area contributed by atoms with Gasteiger partial charge in [0.1, 0.15) is 5.82 Å². The lowest BCUT2D eigenvalue weighted by Gasteiger charge is -2.12. The van der Waals surface area contributed by atoms with Gasteiger partial charge in [0.25, 0.3) is 0 Å². The van der Waals surface area contributed by atoms with Gasteiger partial charge in [-0.15, -0.1) is 0 Å². The number of nitrogens with one attached hydrogen (secondary N) is 2. The average molecular weight is 287 g/mol. The number of likely N-dealkylation sites (N-methyl/N-ethyl adjacent to an activating group) is 1. The molecule has 0 bridgehead atoms. The summed E-state index contributed by atoms with van der Waals surface area (Å²) in [5, 5.41) is 5.97. The molecule has 21 heavy (non-hydrogen) atoms. The van der Waals surface area contributed by atoms with E-state index in [9.17, 15) is 9.18 Å². The van der Waals surface area contributed by atoms with Crippen molar-refractivity contribution in [3.63, 3.8) is 0 Å². The molecule has 0 saturated carbocycles. The molecule has 2 rings (SSSR count). The Bertz CT molecular complexity index is 643. The summed E-state index contributed by atoms with van der Waals surface area (Å²) in [5.41, 5.74) is 3.03. The number of hydrogen-bond donors (Lipinski definition) is 2. The highest BCUT2D eigenvalue weighted by Crippen LogP contribution is 2.24. The molecule has 2 N–H and O–H groups in total. The maximum Gasteiger partial charge on any atom is 0.152 e. The molecule has 0 aliphatic carbocycles. The van der Waals surface area contributed by atoms with E-state index in [-0.39, 0.29) is 5.82 Å². The summed E-state index contributed by atoms with van der Waals surface area (Å²) in [6.45, 7) is 2.56. The third kappa shape index (κ3) is 3.64. The number of aldehydes is 1. The number of carbonyl (C=O) groups excluding carboxylic acids is 1. The first-order chi connectivity index (χ1) is 10.2. The monoisotopic (exact) mass is 287 g/mol. The fraction of sp³-hybridized carbons (Fsp3) is 0.250. The van der Waals surface area contributed by atoms with E-state index in [1.54, 1.807) is 12.3 Å². The van der Waals surface area contributed by atoms with Crippen molar-refractivity contribution in [1.82, 2.24) is 10.3 Å². The summed E-state index contributed by atoms with van der Waals surface area (Å²) >= 11 is 0. The van der Waals surface area contributed by atoms with E-state index in [0.717, 1.165) is 24.0 Å². The molecule has 1 heterocycles. The first-order valence-corrected chi connectivity index (χ1v) is 6.75. The standard InChI is InChI=1S/C16H18FN3O/c1-11-3-4-15(14(17)7-11)20-16-9-19-8-12(5-6-18-2)13(16)10-21/h3-4,7-10,18,20H,5-6H2,1-2H3. The van der Waals surface area contributed by atoms with Gasteiger partial charge < -0.3 is 10.6 Å². The molecule has 2 aromatic rings. The van der Waals surface area contributed by atoms with Crippen molar-refractivity contribution in [2.45, 2.75) is 13.3 Å². The van der Waals surface area contributed by atoms with Crippen molar-refractivity contribution in [2.75, 3.05) is 18.9 Å². The van der Waals surface area contributed by atoms with E-state index in [1.165, 1.54) is 12.3 Å². The van der Waals surface area contributed by atoms with Crippen LogP contribution >= 0.6 is 0 Å². The second-order valence-electron chi connectivity index (χ2n) is 4.84. The molecule has 1 aromatic carbocycles. The summed E-state index contributed by atoms with van der Waals surface area (Å²) in [4.78, 5) is 15.5. The molecule has 110 valence electrons. The number of nitrogens with zero attached hydrogens (tertiary/aromatic N) is 1. The molecule has 0 aliphatic heterocycles. The lowest BCUT2D eigenvalue weighted by molar-refractivity contribution is 0.112. The number of aryl methyl sites for hydroxylation is 1. The van der Waals surface area contributed by atoms with Crippen molar-refractivity contribution in [3.05, 3.63) is 53.1 Å². The van der Waals surface area contributed by atoms with Gasteiger partial charge in [-0.05, 0) is 50.2 Å². The zero-order chi connectivity index (χ0) is 15.2. The average Bonchev–Trinajstić information content (AvgIpc) is 2.48. The summed E-state index contributed by atoms with van der Waals surface area (Å²) in [6.07, 6.45) is 4.66. The van der Waals surface area contributed by atoms with Gasteiger partial charge in [-0.25, -0.2) is 4.39 Å². The Morgan fingerprint density at radius 3 is 2.76 bits per heavy atom. The van der Waals surface area contributed by atoms with Gasteiger partial charge in [0, 0.05) is 11.8 Å². The van der Waals surface area contributed by atoms with Gasteiger partial charge in [0.15, 0.2) is 6.29 Å². The topological polar surface area (TPSA) is 54.0 Å². The summed E-state index contributed by atoms with van der Waals surface area (Å²) < 4.78 is 13.9. The van der Waals surface area contributed by atoms with E-state index in [4.69, 9.17) is 0 Å². The van der Waals surface area contributed by atoms with Crippen LogP contribution in [0.2, 0.25) is 0 Å². The maximum absolute atomic E-state index is 13.9. The molecule has 0 aliphatic rings. The van der Waals surface area contributed by atoms with Gasteiger partial charge in [0.2, 0.25) is 0 Å². The molecule has 0 spiro atoms. The van der Waals surface area contributed by atoms with Crippen LogP contribution in [0.15, 0.2) is 30.6 Å². The minimum absolute atomic E-state index is 0.330. The molecule has 0 atom stereocenters. The molecular weight excluding hydrogens is 269 g/mol. The maximum atomic E-state index is 13.9. The number of anilines is 2. The van der Waals surface area contributed by atoms with Crippen molar-refractivity contribution < 1.29 is 9.18 Å². The second kappa shape index (κ2) is 6.95. The van der Waals surface area contributed by atoms with Gasteiger partial charge in [-0.3, -0.25) is 9.78 Å². The number of rotatable bonds is 6. The van der Waals surface area contributed by atoms with Gasteiger partial charge in [0.05, 0.1) is 17.6 Å². The fourth-order valence-electron chi connectivity index (χ4n) is 2.08. The predicted molar refractivity (Wildman–Crippen MR) is 81.7 cm³/mol. The minimum atomic E-state index is -0.354. The first kappa shape index (κ1) is 15.1. The summed E-state index contributed by atoms with van der Waals surface area (Å²) in [5.74, 6) is -0.354. The number of pyridine rings is 1. The lowest BCUT2D eigenvalue weighted by atomic mass is 10.1. The summed E-state index contributed by atoms with van der Waals surface area (Å²) in [6, 6.07) is 4.91. The van der Waals surface area contributed by atoms with Crippen LogP contribution in [0.4, 0.5) is 15.8 Å². The van der Waals surface area contributed by atoms with E-state index in [1.807, 2.05) is 20.0 Å². The third-order valence-corrected chi connectivity index (χ3v) is 3.23. The van der Waals surface area contributed by atoms with Crippen LogP contribution in [0, 0.1) is 12.7 Å². The van der Waals surface area contributed by atoms with Crippen LogP contribution in [-0.4, -0.2) is 24.9 Å². The molecule has 0 fully saturated rings. The number of aromatic nitrogens is 1. The largest absolute Gasteiger partial charge is 0.351 e. The lowest BCUT2D eigenvalue weighted by Crippen LogP contribution is -2.12. The molecule has 5 heteroatoms. The highest BCUT2D eigenvalue weighted by Gasteiger charge is 2.10. The van der Waals surface area contributed by atoms with Crippen LogP contribution in [0.5, 0.6) is 0 Å². The Labute approximate surface area is 123 Å². The van der Waals surface area contributed by atoms with Crippen LogP contribution in [0.25, 0.3) is 0 Å². The molecule has 4 nitrogen and oxygen atoms in total. The molecule has 0 amide bonds. The van der Waals surface area contributed by atoms with Crippen molar-refractivity contribution in [1.29, 1.82) is 0 Å². The van der Waals surface area contributed by atoms with Crippen molar-refractivity contribution in [3.8, 4) is 0 Å². The fourth-order valence-corrected chi connectivity index (χ4v) is 2.08. The Kier molecular flexibility index (Phi) is 5.00. The zero-order valence-corrected chi connectivity index (χ0v) is 12.1. The number of carbonyl (C=O) groups is 1. The number of benzene rings is 1. The third-order valence-electron chi connectivity index (χ3n) is 3.23. The molecule has 0 saturated heterocycles. The van der Waals surface area contributed by atoms with E-state index in [0.29, 0.717) is 23.4 Å². The SMILES string of the molecule is CNCCc1cncc(Nc2ccc(C)cc2F)c1C=O. The first-order valence-electron chi connectivity index (χ1n) is 6.75. The Morgan fingerprint density at radius 2 is 2.10 bits per heavy atom. The van der Waals surface area contributed by atoms with Crippen LogP contribution in [0.1, 0.15) is 21.5 Å². The molecule has 1 aromatic heterocycles. The Hall–Kier alpha value is -2.27. The van der Waals surface area contributed by atoms with Crippen LogP contribution in [0.3, 0.4) is 0 Å². The van der Waals surface area contributed by atoms with Crippen LogP contribution in [-0.2, 0) is 6.42 Å². The smallest absolute Gasteiger partial charge is 0.152 e. The quantitative estimate of drug-likeness (QED) is 0.802. The van der Waals surface area contributed by atoms with Gasteiger partial charge in [-0.2, -0.15) is 0 Å². The summed E-state index contributed by atoms with van der Waals surface area (Å²) in [7, 11) is 1.85. The van der Waals surface area contributed by atoms with Gasteiger partial charge in [-0.1, -0.05) is 6.07 Å². The normalized spacial score (nSPS) is 10.4. The predicted octanol–water partition coefficient (Wildman–Crippen LogP) is 2.85. The van der Waals surface area contributed by atoms with Gasteiger partial charge >= 0.3 is 0 Å². The Balaban J connectivity index is 2.32. The van der Waals surface area contributed by atoms with Crippen molar-refractivity contribution in [2.24, 2.45) is 0 Å². The Morgan fingerprint density at radius 1 is 1.29 bits per heavy atom. The molecule has 0 unspecified atom stereocenters. The number of hydrogen-bond acceptors (Lipinski definition) is 4. The number of halogens is 1. The molecule has 0 radical (unpaired) electrons. The van der Waals surface area contributed by atoms with Crippen molar-refractivity contribution >= 4 is 17.7 Å². The highest BCUT2D eigenvalue weighted by molar-refractivity contribution is 5.87.